The van der Waals surface area contributed by atoms with E-state index >= 15 is 0 Å². The third-order valence-electron chi connectivity index (χ3n) is 3.57. The number of nitrogens with zero attached hydrogens (tertiary/aromatic N) is 2. The maximum absolute atomic E-state index is 11.9. The maximum atomic E-state index is 11.9. The van der Waals surface area contributed by atoms with Gasteiger partial charge in [0.1, 0.15) is 0 Å². The quantitative estimate of drug-likeness (QED) is 0.689. The van der Waals surface area contributed by atoms with Gasteiger partial charge in [0.15, 0.2) is 5.17 Å². The number of hydrogen-bond acceptors (Lipinski definition) is 3. The Morgan fingerprint density at radius 3 is 3.06 bits per heavy atom. The average molecular weight is 301 g/mol. The fourth-order valence-corrected chi connectivity index (χ4v) is 4.45. The standard InChI is InChI=1S/C11H13BrN2OS/c12-5-7-6-16-11-13-10(15)8-3-1-2-4-9(8)14(7)11/h5,8-9H,1-4,6H2/b7-5-. The molecule has 5 heteroatoms. The van der Waals surface area contributed by atoms with Gasteiger partial charge in [0.05, 0.1) is 5.92 Å². The Morgan fingerprint density at radius 1 is 1.44 bits per heavy atom. The van der Waals surface area contributed by atoms with Gasteiger partial charge in [-0.05, 0) is 12.8 Å². The average Bonchev–Trinajstić information content (AvgIpc) is 2.72. The predicted molar refractivity (Wildman–Crippen MR) is 69.5 cm³/mol. The summed E-state index contributed by atoms with van der Waals surface area (Å²) < 4.78 is 0. The summed E-state index contributed by atoms with van der Waals surface area (Å²) in [6, 6.07) is 0.368. The molecule has 2 aliphatic heterocycles. The molecular weight excluding hydrogens is 288 g/mol. The SMILES string of the molecule is O=C1N=C2SC/C(=C/Br)N2C2CCCCC12. The molecule has 3 rings (SSSR count). The van der Waals surface area contributed by atoms with Crippen molar-refractivity contribution in [2.24, 2.45) is 10.9 Å². The molecule has 2 atom stereocenters. The molecule has 0 spiro atoms. The lowest BCUT2D eigenvalue weighted by atomic mass is 9.82. The Morgan fingerprint density at radius 2 is 2.25 bits per heavy atom. The Kier molecular flexibility index (Phi) is 2.83. The molecule has 1 amide bonds. The first-order valence-corrected chi connectivity index (χ1v) is 7.55. The molecular formula is C11H13BrN2OS. The smallest absolute Gasteiger partial charge is 0.253 e. The number of thioether (sulfide) groups is 1. The molecule has 0 aromatic rings. The van der Waals surface area contributed by atoms with Crippen LogP contribution in [0.5, 0.6) is 0 Å². The van der Waals surface area contributed by atoms with Gasteiger partial charge < -0.3 is 4.90 Å². The monoisotopic (exact) mass is 300 g/mol. The van der Waals surface area contributed by atoms with Crippen LogP contribution in [0.25, 0.3) is 0 Å². The minimum atomic E-state index is 0.110. The number of hydrogen-bond donors (Lipinski definition) is 0. The van der Waals surface area contributed by atoms with Crippen molar-refractivity contribution in [1.29, 1.82) is 0 Å². The van der Waals surface area contributed by atoms with Crippen LogP contribution in [-0.4, -0.2) is 27.8 Å². The molecule has 0 radical (unpaired) electrons. The molecule has 2 fully saturated rings. The maximum Gasteiger partial charge on any atom is 0.253 e. The first-order valence-electron chi connectivity index (χ1n) is 5.65. The van der Waals surface area contributed by atoms with Crippen molar-refractivity contribution in [3.05, 3.63) is 10.7 Å². The number of fused-ring (bicyclic) bond motifs is 3. The van der Waals surface area contributed by atoms with E-state index in [9.17, 15) is 4.79 Å². The molecule has 2 unspecified atom stereocenters. The molecule has 0 N–H and O–H groups in total. The summed E-state index contributed by atoms with van der Waals surface area (Å²) in [6.07, 6.45) is 4.54. The first-order chi connectivity index (χ1) is 7.81. The molecule has 0 aromatic carbocycles. The zero-order valence-electron chi connectivity index (χ0n) is 8.86. The van der Waals surface area contributed by atoms with Crippen LogP contribution in [0.15, 0.2) is 15.7 Å². The number of amides is 1. The van der Waals surface area contributed by atoms with Gasteiger partial charge in [-0.1, -0.05) is 40.5 Å². The number of amidine groups is 1. The van der Waals surface area contributed by atoms with E-state index in [1.165, 1.54) is 18.5 Å². The summed E-state index contributed by atoms with van der Waals surface area (Å²) in [6.45, 7) is 0. The van der Waals surface area contributed by atoms with Crippen LogP contribution < -0.4 is 0 Å². The Labute approximate surface area is 107 Å². The summed E-state index contributed by atoms with van der Waals surface area (Å²) in [7, 11) is 0. The van der Waals surface area contributed by atoms with E-state index in [1.54, 1.807) is 11.8 Å². The summed E-state index contributed by atoms with van der Waals surface area (Å²) in [5.74, 6) is 1.18. The second kappa shape index (κ2) is 4.18. The van der Waals surface area contributed by atoms with Crippen molar-refractivity contribution in [2.75, 3.05) is 5.75 Å². The van der Waals surface area contributed by atoms with E-state index in [0.29, 0.717) is 6.04 Å². The number of aliphatic imine (C=N–C) groups is 1. The van der Waals surface area contributed by atoms with Crippen LogP contribution in [0.4, 0.5) is 0 Å². The van der Waals surface area contributed by atoms with Gasteiger partial charge in [-0.15, -0.1) is 0 Å². The van der Waals surface area contributed by atoms with E-state index in [2.05, 4.69) is 25.8 Å². The van der Waals surface area contributed by atoms with Gasteiger partial charge in [0, 0.05) is 22.5 Å². The van der Waals surface area contributed by atoms with Crippen LogP contribution in [0.2, 0.25) is 0 Å². The van der Waals surface area contributed by atoms with Crippen LogP contribution in [0.1, 0.15) is 25.7 Å². The summed E-state index contributed by atoms with van der Waals surface area (Å²) in [4.78, 5) is 20.4. The van der Waals surface area contributed by atoms with Gasteiger partial charge in [0.2, 0.25) is 0 Å². The van der Waals surface area contributed by atoms with Crippen LogP contribution in [-0.2, 0) is 4.79 Å². The summed E-state index contributed by atoms with van der Waals surface area (Å²) in [5.41, 5.74) is 1.26. The Bertz CT molecular complexity index is 393. The van der Waals surface area contributed by atoms with Crippen LogP contribution >= 0.6 is 27.7 Å². The first kappa shape index (κ1) is 10.8. The van der Waals surface area contributed by atoms with Gasteiger partial charge in [-0.2, -0.15) is 4.99 Å². The second-order valence-corrected chi connectivity index (χ2v) is 5.85. The van der Waals surface area contributed by atoms with E-state index in [1.807, 2.05) is 4.99 Å². The van der Waals surface area contributed by atoms with Gasteiger partial charge in [-0.25, -0.2) is 0 Å². The molecule has 1 saturated carbocycles. The topological polar surface area (TPSA) is 32.7 Å². The third kappa shape index (κ3) is 1.56. The largest absolute Gasteiger partial charge is 0.319 e. The zero-order chi connectivity index (χ0) is 11.1. The number of halogens is 1. The highest BCUT2D eigenvalue weighted by Crippen LogP contribution is 2.41. The fraction of sp³-hybridized carbons (Fsp3) is 0.636. The van der Waals surface area contributed by atoms with Gasteiger partial charge >= 0.3 is 0 Å². The van der Waals surface area contributed by atoms with Gasteiger partial charge in [-0.3, -0.25) is 4.79 Å². The van der Waals surface area contributed by atoms with Crippen LogP contribution in [0, 0.1) is 5.92 Å². The second-order valence-electron chi connectivity index (χ2n) is 4.45. The van der Waals surface area contributed by atoms with Crippen molar-refractivity contribution >= 4 is 38.8 Å². The predicted octanol–water partition coefficient (Wildman–Crippen LogP) is 2.73. The lowest BCUT2D eigenvalue weighted by Crippen LogP contribution is -2.48. The van der Waals surface area contributed by atoms with Crippen molar-refractivity contribution < 1.29 is 4.79 Å². The lowest BCUT2D eigenvalue weighted by Gasteiger charge is -2.40. The lowest BCUT2D eigenvalue weighted by molar-refractivity contribution is -0.124. The minimum absolute atomic E-state index is 0.110. The number of carbonyl (C=O) groups is 1. The molecule has 86 valence electrons. The highest BCUT2D eigenvalue weighted by molar-refractivity contribution is 9.11. The normalized spacial score (nSPS) is 36.1. The molecule has 1 saturated heterocycles. The van der Waals surface area contributed by atoms with E-state index in [4.69, 9.17) is 0 Å². The van der Waals surface area contributed by atoms with Crippen molar-refractivity contribution in [3.8, 4) is 0 Å². The molecule has 3 nitrogen and oxygen atoms in total. The van der Waals surface area contributed by atoms with E-state index in [-0.39, 0.29) is 11.8 Å². The highest BCUT2D eigenvalue weighted by atomic mass is 79.9. The molecule has 0 bridgehead atoms. The van der Waals surface area contributed by atoms with E-state index in [0.717, 1.165) is 23.8 Å². The molecule has 2 heterocycles. The van der Waals surface area contributed by atoms with E-state index < -0.39 is 0 Å². The fourth-order valence-electron chi connectivity index (χ4n) is 2.81. The van der Waals surface area contributed by atoms with Crippen molar-refractivity contribution in [3.63, 3.8) is 0 Å². The highest BCUT2D eigenvalue weighted by Gasteiger charge is 2.43. The molecule has 16 heavy (non-hydrogen) atoms. The Balaban J connectivity index is 2.00. The Hall–Kier alpha value is -0.290. The molecule has 3 aliphatic rings. The summed E-state index contributed by atoms with van der Waals surface area (Å²) in [5, 5.41) is 0.916. The number of rotatable bonds is 0. The zero-order valence-corrected chi connectivity index (χ0v) is 11.3. The third-order valence-corrected chi connectivity index (χ3v) is 5.09. The number of carbonyl (C=O) groups excluding carboxylic acids is 1. The molecule has 1 aliphatic carbocycles. The van der Waals surface area contributed by atoms with Crippen molar-refractivity contribution in [1.82, 2.24) is 4.90 Å². The minimum Gasteiger partial charge on any atom is -0.319 e. The molecule has 0 aromatic heterocycles. The van der Waals surface area contributed by atoms with Crippen molar-refractivity contribution in [2.45, 2.75) is 31.7 Å². The van der Waals surface area contributed by atoms with Crippen LogP contribution in [0.3, 0.4) is 0 Å². The van der Waals surface area contributed by atoms with Gasteiger partial charge in [0.25, 0.3) is 5.91 Å². The summed E-state index contributed by atoms with van der Waals surface area (Å²) >= 11 is 5.09.